The summed E-state index contributed by atoms with van der Waals surface area (Å²) >= 11 is 6.24. The van der Waals surface area contributed by atoms with Gasteiger partial charge in [-0.3, -0.25) is 0 Å². The van der Waals surface area contributed by atoms with Crippen LogP contribution < -0.4 is 0 Å². The van der Waals surface area contributed by atoms with Gasteiger partial charge in [0, 0.05) is 11.6 Å². The Morgan fingerprint density at radius 1 is 1.83 bits per heavy atom. The summed E-state index contributed by atoms with van der Waals surface area (Å²) in [6, 6.07) is 0. The Kier molecular flexibility index (Phi) is 3.43. The molecule has 0 bridgehead atoms. The van der Waals surface area contributed by atoms with E-state index in [1.807, 2.05) is 6.92 Å². The van der Waals surface area contributed by atoms with Crippen molar-refractivity contribution in [3.63, 3.8) is 0 Å². The SMILES string of the molecule is CCCOC(=O)n1ccsc1=S. The predicted molar refractivity (Wildman–Crippen MR) is 50.2 cm³/mol. The zero-order chi connectivity index (χ0) is 8.97. The molecule has 0 aliphatic rings. The zero-order valence-electron chi connectivity index (χ0n) is 6.65. The maximum atomic E-state index is 11.2. The van der Waals surface area contributed by atoms with Crippen molar-refractivity contribution < 1.29 is 9.53 Å². The van der Waals surface area contributed by atoms with E-state index >= 15 is 0 Å². The maximum Gasteiger partial charge on any atom is 0.419 e. The van der Waals surface area contributed by atoms with Gasteiger partial charge in [0.15, 0.2) is 3.95 Å². The van der Waals surface area contributed by atoms with Crippen LogP contribution in [0.1, 0.15) is 13.3 Å². The molecule has 1 heterocycles. The molecule has 0 aliphatic heterocycles. The molecule has 0 fully saturated rings. The van der Waals surface area contributed by atoms with Gasteiger partial charge < -0.3 is 4.74 Å². The van der Waals surface area contributed by atoms with Gasteiger partial charge in [-0.15, -0.1) is 11.3 Å². The molecule has 0 saturated carbocycles. The third-order valence-electron chi connectivity index (χ3n) is 1.20. The molecule has 0 aromatic carbocycles. The quantitative estimate of drug-likeness (QED) is 0.692. The molecule has 1 rings (SSSR count). The van der Waals surface area contributed by atoms with E-state index < -0.39 is 0 Å². The van der Waals surface area contributed by atoms with E-state index in [2.05, 4.69) is 0 Å². The first-order chi connectivity index (χ1) is 5.75. The highest BCUT2D eigenvalue weighted by atomic mass is 32.1. The summed E-state index contributed by atoms with van der Waals surface area (Å²) in [7, 11) is 0. The molecule has 0 saturated heterocycles. The van der Waals surface area contributed by atoms with E-state index in [0.717, 1.165) is 6.42 Å². The fourth-order valence-electron chi connectivity index (χ4n) is 0.661. The van der Waals surface area contributed by atoms with Gasteiger partial charge in [0.1, 0.15) is 0 Å². The van der Waals surface area contributed by atoms with Crippen LogP contribution in [0, 0.1) is 3.95 Å². The molecule has 3 nitrogen and oxygen atoms in total. The van der Waals surface area contributed by atoms with Crippen molar-refractivity contribution >= 4 is 29.6 Å². The van der Waals surface area contributed by atoms with Crippen LogP contribution in [0.2, 0.25) is 0 Å². The molecule has 0 radical (unpaired) electrons. The molecular weight excluding hydrogens is 194 g/mol. The minimum atomic E-state index is -0.386. The molecule has 5 heteroatoms. The smallest absolute Gasteiger partial charge is 0.419 e. The minimum Gasteiger partial charge on any atom is -0.449 e. The molecule has 0 unspecified atom stereocenters. The molecule has 66 valence electrons. The Labute approximate surface area is 79.6 Å². The fraction of sp³-hybridized carbons (Fsp3) is 0.429. The van der Waals surface area contributed by atoms with Crippen molar-refractivity contribution in [1.82, 2.24) is 4.57 Å². The van der Waals surface area contributed by atoms with Crippen LogP contribution in [0.15, 0.2) is 11.6 Å². The van der Waals surface area contributed by atoms with Crippen LogP contribution in [-0.2, 0) is 4.74 Å². The van der Waals surface area contributed by atoms with E-state index in [1.54, 1.807) is 11.6 Å². The van der Waals surface area contributed by atoms with Crippen molar-refractivity contribution in [2.24, 2.45) is 0 Å². The van der Waals surface area contributed by atoms with E-state index in [-0.39, 0.29) is 6.09 Å². The van der Waals surface area contributed by atoms with E-state index in [1.165, 1.54) is 15.9 Å². The van der Waals surface area contributed by atoms with Gasteiger partial charge in [-0.25, -0.2) is 9.36 Å². The Morgan fingerprint density at radius 3 is 3.08 bits per heavy atom. The second-order valence-electron chi connectivity index (χ2n) is 2.15. The molecule has 1 aromatic heterocycles. The molecule has 0 amide bonds. The van der Waals surface area contributed by atoms with Gasteiger partial charge in [0.25, 0.3) is 0 Å². The van der Waals surface area contributed by atoms with Crippen molar-refractivity contribution in [2.75, 3.05) is 6.61 Å². The number of rotatable bonds is 2. The summed E-state index contributed by atoms with van der Waals surface area (Å²) in [6.07, 6.45) is 2.05. The summed E-state index contributed by atoms with van der Waals surface area (Å²) < 4.78 is 6.73. The molecular formula is C7H9NO2S2. The summed E-state index contributed by atoms with van der Waals surface area (Å²) in [5, 5.41) is 1.76. The number of hydrogen-bond donors (Lipinski definition) is 0. The number of aromatic nitrogens is 1. The Morgan fingerprint density at radius 2 is 2.58 bits per heavy atom. The first-order valence-corrected chi connectivity index (χ1v) is 4.87. The average molecular weight is 203 g/mol. The maximum absolute atomic E-state index is 11.2. The average Bonchev–Trinajstić information content (AvgIpc) is 2.47. The number of carbonyl (C=O) groups excluding carboxylic acids is 1. The van der Waals surface area contributed by atoms with Gasteiger partial charge in [0.05, 0.1) is 6.61 Å². The molecule has 0 N–H and O–H groups in total. The van der Waals surface area contributed by atoms with E-state index in [0.29, 0.717) is 10.6 Å². The van der Waals surface area contributed by atoms with Crippen molar-refractivity contribution in [3.05, 3.63) is 15.5 Å². The summed E-state index contributed by atoms with van der Waals surface area (Å²) in [4.78, 5) is 11.2. The lowest BCUT2D eigenvalue weighted by Gasteiger charge is -2.01. The van der Waals surface area contributed by atoms with Crippen LogP contribution in [-0.4, -0.2) is 17.3 Å². The number of hydrogen-bond acceptors (Lipinski definition) is 4. The highest BCUT2D eigenvalue weighted by molar-refractivity contribution is 7.73. The second-order valence-corrected chi connectivity index (χ2v) is 3.69. The Balaban J connectivity index is 2.66. The molecule has 0 atom stereocenters. The standard InChI is InChI=1S/C7H9NO2S2/c1-2-4-10-6(9)8-3-5-12-7(8)11/h3,5H,2,4H2,1H3. The van der Waals surface area contributed by atoms with Gasteiger partial charge >= 0.3 is 6.09 Å². The number of ether oxygens (including phenoxy) is 1. The molecule has 1 aromatic rings. The second kappa shape index (κ2) is 4.37. The predicted octanol–water partition coefficient (Wildman–Crippen LogP) is 2.67. The lowest BCUT2D eigenvalue weighted by molar-refractivity contribution is 0.148. The monoisotopic (exact) mass is 203 g/mol. The van der Waals surface area contributed by atoms with Crippen molar-refractivity contribution in [3.8, 4) is 0 Å². The topological polar surface area (TPSA) is 31.2 Å². The number of nitrogens with zero attached hydrogens (tertiary/aromatic N) is 1. The molecule has 0 aliphatic carbocycles. The van der Waals surface area contributed by atoms with Gasteiger partial charge in [-0.1, -0.05) is 6.92 Å². The Hall–Kier alpha value is -0.680. The van der Waals surface area contributed by atoms with Crippen LogP contribution in [0.5, 0.6) is 0 Å². The van der Waals surface area contributed by atoms with Crippen molar-refractivity contribution in [2.45, 2.75) is 13.3 Å². The zero-order valence-corrected chi connectivity index (χ0v) is 8.28. The third-order valence-corrected chi connectivity index (χ3v) is 2.34. The van der Waals surface area contributed by atoms with Gasteiger partial charge in [-0.05, 0) is 18.6 Å². The van der Waals surface area contributed by atoms with Gasteiger partial charge in [0.2, 0.25) is 0 Å². The molecule has 0 spiro atoms. The van der Waals surface area contributed by atoms with Crippen LogP contribution in [0.3, 0.4) is 0 Å². The largest absolute Gasteiger partial charge is 0.449 e. The van der Waals surface area contributed by atoms with Gasteiger partial charge in [-0.2, -0.15) is 0 Å². The van der Waals surface area contributed by atoms with E-state index in [9.17, 15) is 4.79 Å². The lowest BCUT2D eigenvalue weighted by Crippen LogP contribution is -2.12. The van der Waals surface area contributed by atoms with Crippen LogP contribution in [0.4, 0.5) is 4.79 Å². The third kappa shape index (κ3) is 2.15. The fourth-order valence-corrected chi connectivity index (χ4v) is 1.51. The minimum absolute atomic E-state index is 0.386. The van der Waals surface area contributed by atoms with Crippen LogP contribution >= 0.6 is 23.6 Å². The van der Waals surface area contributed by atoms with Crippen LogP contribution in [0.25, 0.3) is 0 Å². The van der Waals surface area contributed by atoms with E-state index in [4.69, 9.17) is 17.0 Å². The Bertz CT molecular complexity index is 315. The number of carbonyl (C=O) groups is 1. The summed E-state index contributed by atoms with van der Waals surface area (Å²) in [5.41, 5.74) is 0. The normalized spacial score (nSPS) is 9.75. The highest BCUT2D eigenvalue weighted by Gasteiger charge is 2.04. The summed E-state index contributed by atoms with van der Waals surface area (Å²) in [6.45, 7) is 2.39. The first kappa shape index (κ1) is 9.41. The number of thiazole rings is 1. The lowest BCUT2D eigenvalue weighted by atomic mass is 10.5. The first-order valence-electron chi connectivity index (χ1n) is 3.59. The molecule has 12 heavy (non-hydrogen) atoms. The van der Waals surface area contributed by atoms with Crippen molar-refractivity contribution in [1.29, 1.82) is 0 Å². The highest BCUT2D eigenvalue weighted by Crippen LogP contribution is 2.03. The summed E-state index contributed by atoms with van der Waals surface area (Å²) in [5.74, 6) is 0.